The molecule has 3 N–H and O–H groups in total. The number of aromatic nitrogens is 1. The minimum atomic E-state index is -1.84. The van der Waals surface area contributed by atoms with Crippen LogP contribution in [0.15, 0.2) is 95.2 Å². The molecule has 14 heteroatoms. The minimum absolute atomic E-state index is 0.228. The number of rotatable bonds is 19. The van der Waals surface area contributed by atoms with E-state index < -0.39 is 47.2 Å². The molecule has 0 radical (unpaired) electrons. The maximum absolute atomic E-state index is 13.4. The van der Waals surface area contributed by atoms with Crippen LogP contribution in [0, 0.1) is 12.3 Å². The van der Waals surface area contributed by atoms with Crippen LogP contribution in [0.5, 0.6) is 0 Å². The number of hydrogen-bond acceptors (Lipinski definition) is 11. The molecule has 3 amide bonds. The lowest BCUT2D eigenvalue weighted by Gasteiger charge is -2.35. The van der Waals surface area contributed by atoms with Gasteiger partial charge in [0.05, 0.1) is 30.9 Å². The van der Waals surface area contributed by atoms with E-state index in [1.165, 1.54) is 33.4 Å². The van der Waals surface area contributed by atoms with E-state index >= 15 is 0 Å². The van der Waals surface area contributed by atoms with Crippen molar-refractivity contribution in [3.05, 3.63) is 102 Å². The van der Waals surface area contributed by atoms with Gasteiger partial charge in [-0.25, -0.2) is 9.78 Å². The first-order valence-corrected chi connectivity index (χ1v) is 16.7. The number of aliphatic hydroxyl groups excluding tert-OH is 1. The van der Waals surface area contributed by atoms with Crippen LogP contribution < -0.4 is 10.6 Å². The van der Waals surface area contributed by atoms with E-state index in [2.05, 4.69) is 15.6 Å². The third-order valence-electron chi connectivity index (χ3n) is 8.09. The van der Waals surface area contributed by atoms with Crippen molar-refractivity contribution in [2.24, 2.45) is 5.41 Å². The fourth-order valence-corrected chi connectivity index (χ4v) is 4.93. The fourth-order valence-electron chi connectivity index (χ4n) is 4.93. The van der Waals surface area contributed by atoms with E-state index in [0.29, 0.717) is 17.9 Å². The number of methoxy groups -OCH3 is 2. The number of carbonyl (C=O) groups excluding carboxylic acids is 4. The molecule has 4 unspecified atom stereocenters. The third kappa shape index (κ3) is 13.0. The van der Waals surface area contributed by atoms with Crippen LogP contribution in [-0.4, -0.2) is 104 Å². The smallest absolute Gasteiger partial charge is 0.331 e. The first-order valence-electron chi connectivity index (χ1n) is 16.7. The molecule has 0 spiro atoms. The predicted molar refractivity (Wildman–Crippen MR) is 194 cm³/mol. The van der Waals surface area contributed by atoms with Gasteiger partial charge in [-0.15, -0.1) is 0 Å². The summed E-state index contributed by atoms with van der Waals surface area (Å²) in [5, 5.41) is 16.2. The number of aryl methyl sites for hydroxylation is 1. The highest BCUT2D eigenvalue weighted by atomic mass is 16.7. The zero-order valence-corrected chi connectivity index (χ0v) is 31.2. The summed E-state index contributed by atoms with van der Waals surface area (Å²) in [5.41, 5.74) is -2.25. The third-order valence-corrected chi connectivity index (χ3v) is 8.09. The lowest BCUT2D eigenvalue weighted by atomic mass is 9.81. The summed E-state index contributed by atoms with van der Waals surface area (Å²) in [6.45, 7) is 8.32. The zero-order valence-electron chi connectivity index (χ0n) is 31.2. The van der Waals surface area contributed by atoms with E-state index in [4.69, 9.17) is 23.4 Å². The van der Waals surface area contributed by atoms with Gasteiger partial charge in [-0.1, -0.05) is 72.9 Å². The maximum atomic E-state index is 13.4. The van der Waals surface area contributed by atoms with E-state index in [1.54, 1.807) is 89.4 Å². The molecule has 4 atom stereocenters. The molecular formula is C38H52N4O10. The lowest BCUT2D eigenvalue weighted by molar-refractivity contribution is -0.169. The number of likely N-dealkylation sites (N-methyl/N-ethyl adjacent to an activating group) is 1. The van der Waals surface area contributed by atoms with E-state index in [9.17, 15) is 24.3 Å². The molecule has 0 aromatic carbocycles. The van der Waals surface area contributed by atoms with Crippen molar-refractivity contribution in [2.75, 3.05) is 41.2 Å². The number of nitrogens with one attached hydrogen (secondary N) is 2. The molecule has 1 aliphatic rings. The van der Waals surface area contributed by atoms with E-state index in [1.807, 2.05) is 18.2 Å². The van der Waals surface area contributed by atoms with Crippen LogP contribution in [0.4, 0.5) is 0 Å². The summed E-state index contributed by atoms with van der Waals surface area (Å²) in [7, 11) is 3.99. The van der Waals surface area contributed by atoms with Crippen LogP contribution in [0.2, 0.25) is 0 Å². The molecule has 284 valence electrons. The Morgan fingerprint density at radius 2 is 1.71 bits per heavy atom. The first kappa shape index (κ1) is 43.3. The van der Waals surface area contributed by atoms with Crippen LogP contribution in [0.1, 0.15) is 39.3 Å². The van der Waals surface area contributed by atoms with Gasteiger partial charge in [0, 0.05) is 40.1 Å². The van der Waals surface area contributed by atoms with Gasteiger partial charge in [-0.3, -0.25) is 14.4 Å². The van der Waals surface area contributed by atoms with Crippen molar-refractivity contribution >= 4 is 23.7 Å². The highest BCUT2D eigenvalue weighted by molar-refractivity contribution is 5.96. The molecule has 0 bridgehead atoms. The lowest BCUT2D eigenvalue weighted by Crippen LogP contribution is -2.64. The first-order chi connectivity index (χ1) is 24.7. The molecule has 0 saturated carbocycles. The summed E-state index contributed by atoms with van der Waals surface area (Å²) in [6.07, 6.45) is 22.8. The monoisotopic (exact) mass is 724 g/mol. The summed E-state index contributed by atoms with van der Waals surface area (Å²) < 4.78 is 26.2. The van der Waals surface area contributed by atoms with Gasteiger partial charge in [0.2, 0.25) is 17.5 Å². The quantitative estimate of drug-likeness (QED) is 0.108. The van der Waals surface area contributed by atoms with Crippen LogP contribution in [-0.2, 0) is 44.5 Å². The average Bonchev–Trinajstić information content (AvgIpc) is 3.78. The second-order valence-electron chi connectivity index (χ2n) is 12.4. The second kappa shape index (κ2) is 21.5. The van der Waals surface area contributed by atoms with Crippen LogP contribution >= 0.6 is 0 Å². The molecule has 14 nitrogen and oxygen atoms in total. The molecule has 1 saturated heterocycles. The molecular weight excluding hydrogens is 672 g/mol. The SMILES string of the molecule is COC(=O)C(C(C)OC)N(C)C(=O)C1(NC(=O)/C=C/C=C/C=C/C=C\CNC(=O)C(C)(C)C(O)\C(C)=C/C=C\C=C\Cc2cnc(C)o2)COCO1. The maximum Gasteiger partial charge on any atom is 0.331 e. The number of amides is 3. The molecule has 2 heterocycles. The summed E-state index contributed by atoms with van der Waals surface area (Å²) in [5.74, 6) is -0.909. The molecule has 1 aliphatic heterocycles. The number of oxazole rings is 1. The standard InChI is InChI=1S/C38H52N4O10/c1-27(20-16-13-14-17-21-30-24-40-29(3)52-30)33(44)37(4,5)35(46)39-23-19-15-11-9-10-12-18-22-31(43)41-38(25-50-26-51-38)36(47)42(6)32(28(2)48-7)34(45)49-8/h9-20,22,24,28,32-33,44H,21,23,25-26H2,1-8H3,(H,39,46)(H,41,43)/b11-9+,12-10+,16-13-,17-14+,19-15-,22-18+,27-20-. The van der Waals surface area contributed by atoms with Crippen molar-refractivity contribution in [1.82, 2.24) is 20.5 Å². The number of esters is 1. The Morgan fingerprint density at radius 3 is 2.33 bits per heavy atom. The number of carbonyl (C=O) groups is 4. The number of nitrogens with zero attached hydrogens (tertiary/aromatic N) is 2. The van der Waals surface area contributed by atoms with Gasteiger partial charge < -0.3 is 44.0 Å². The topological polar surface area (TPSA) is 179 Å². The molecule has 1 fully saturated rings. The van der Waals surface area contributed by atoms with Crippen molar-refractivity contribution < 1.29 is 47.6 Å². The Hall–Kier alpha value is -4.89. The summed E-state index contributed by atoms with van der Waals surface area (Å²) >= 11 is 0. The molecule has 1 aromatic rings. The highest BCUT2D eigenvalue weighted by Gasteiger charge is 2.50. The Labute approximate surface area is 305 Å². The van der Waals surface area contributed by atoms with Gasteiger partial charge in [0.1, 0.15) is 12.4 Å². The van der Waals surface area contributed by atoms with Gasteiger partial charge in [0.25, 0.3) is 5.91 Å². The second-order valence-corrected chi connectivity index (χ2v) is 12.4. The van der Waals surface area contributed by atoms with Crippen LogP contribution in [0.25, 0.3) is 0 Å². The number of allylic oxidation sites excluding steroid dienone is 11. The Balaban J connectivity index is 1.82. The Bertz CT molecular complexity index is 1560. The average molecular weight is 725 g/mol. The van der Waals surface area contributed by atoms with E-state index in [0.717, 1.165) is 10.7 Å². The van der Waals surface area contributed by atoms with E-state index in [-0.39, 0.29) is 25.9 Å². The normalized spacial score (nSPS) is 19.0. The summed E-state index contributed by atoms with van der Waals surface area (Å²) in [6, 6.07) is -1.09. The van der Waals surface area contributed by atoms with Gasteiger partial charge in [-0.2, -0.15) is 0 Å². The molecule has 2 rings (SSSR count). The molecule has 52 heavy (non-hydrogen) atoms. The fraction of sp³-hybridized carbons (Fsp3) is 0.447. The van der Waals surface area contributed by atoms with Gasteiger partial charge >= 0.3 is 5.97 Å². The summed E-state index contributed by atoms with van der Waals surface area (Å²) in [4.78, 5) is 56.4. The minimum Gasteiger partial charge on any atom is -0.467 e. The van der Waals surface area contributed by atoms with Gasteiger partial charge in [-0.05, 0) is 33.3 Å². The highest BCUT2D eigenvalue weighted by Crippen LogP contribution is 2.26. The predicted octanol–water partition coefficient (Wildman–Crippen LogP) is 3.16. The van der Waals surface area contributed by atoms with Crippen LogP contribution in [0.3, 0.4) is 0 Å². The Kier molecular flexibility index (Phi) is 17.9. The van der Waals surface area contributed by atoms with Crippen molar-refractivity contribution in [3.63, 3.8) is 0 Å². The van der Waals surface area contributed by atoms with Gasteiger partial charge in [0.15, 0.2) is 18.7 Å². The van der Waals surface area contributed by atoms with Crippen molar-refractivity contribution in [2.45, 2.75) is 65.0 Å². The number of ether oxygens (including phenoxy) is 4. The number of aliphatic hydroxyl groups is 1. The largest absolute Gasteiger partial charge is 0.467 e. The number of hydrogen-bond donors (Lipinski definition) is 3. The Morgan fingerprint density at radius 1 is 1.06 bits per heavy atom. The van der Waals surface area contributed by atoms with Crippen molar-refractivity contribution in [1.29, 1.82) is 0 Å². The van der Waals surface area contributed by atoms with Crippen molar-refractivity contribution in [3.8, 4) is 0 Å². The molecule has 0 aliphatic carbocycles. The molecule has 1 aromatic heterocycles. The zero-order chi connectivity index (χ0) is 38.7.